The molecule has 0 aliphatic carbocycles. The van der Waals surface area contributed by atoms with Crippen LogP contribution in [0.2, 0.25) is 0 Å². The largest absolute Gasteiger partial charge is 0.493 e. The zero-order valence-electron chi connectivity index (χ0n) is 17.5. The molecule has 1 N–H and O–H groups in total. The van der Waals surface area contributed by atoms with Crippen molar-refractivity contribution in [3.05, 3.63) is 91.0 Å². The molecule has 0 fully saturated rings. The van der Waals surface area contributed by atoms with Crippen molar-refractivity contribution in [3.8, 4) is 17.6 Å². The minimum Gasteiger partial charge on any atom is -0.493 e. The van der Waals surface area contributed by atoms with E-state index in [1.54, 1.807) is 19.2 Å². The van der Waals surface area contributed by atoms with E-state index < -0.39 is 5.91 Å². The Morgan fingerprint density at radius 3 is 2.59 bits per heavy atom. The average molecular weight is 603 g/mol. The summed E-state index contributed by atoms with van der Waals surface area (Å²) in [7, 11) is 1.56. The number of halogens is 2. The van der Waals surface area contributed by atoms with Gasteiger partial charge < -0.3 is 14.8 Å². The van der Waals surface area contributed by atoms with Gasteiger partial charge in [-0.05, 0) is 71.0 Å². The maximum atomic E-state index is 12.6. The quantitative estimate of drug-likeness (QED) is 0.190. The van der Waals surface area contributed by atoms with Crippen molar-refractivity contribution in [1.29, 1.82) is 5.26 Å². The molecule has 1 amide bonds. The smallest absolute Gasteiger partial charge is 0.266 e. The van der Waals surface area contributed by atoms with Crippen LogP contribution in [0, 0.1) is 21.8 Å². The lowest BCUT2D eigenvalue weighted by Gasteiger charge is -2.14. The van der Waals surface area contributed by atoms with E-state index >= 15 is 0 Å². The number of carbonyl (C=O) groups is 1. The Morgan fingerprint density at radius 1 is 1.19 bits per heavy atom. The Labute approximate surface area is 209 Å². The van der Waals surface area contributed by atoms with Gasteiger partial charge in [0.2, 0.25) is 0 Å². The minimum absolute atomic E-state index is 0.00649. The molecule has 32 heavy (non-hydrogen) atoms. The SMILES string of the molecule is COc1cc(/C=C(\C#N)C(=O)Nc2ccccc2C)cc(I)c1OCc1ccccc1Br. The van der Waals surface area contributed by atoms with Crippen LogP contribution in [0.25, 0.3) is 6.08 Å². The molecule has 0 unspecified atom stereocenters. The van der Waals surface area contributed by atoms with Crippen molar-refractivity contribution < 1.29 is 14.3 Å². The van der Waals surface area contributed by atoms with Crippen LogP contribution in [0.15, 0.2) is 70.7 Å². The monoisotopic (exact) mass is 602 g/mol. The fraction of sp³-hybridized carbons (Fsp3) is 0.120. The normalized spacial score (nSPS) is 10.9. The number of rotatable bonds is 7. The van der Waals surface area contributed by atoms with Gasteiger partial charge in [0.1, 0.15) is 18.2 Å². The van der Waals surface area contributed by atoms with Gasteiger partial charge in [0.25, 0.3) is 5.91 Å². The maximum Gasteiger partial charge on any atom is 0.266 e. The highest BCUT2D eigenvalue weighted by Crippen LogP contribution is 2.35. The van der Waals surface area contributed by atoms with Gasteiger partial charge in [-0.15, -0.1) is 0 Å². The molecule has 0 aliphatic rings. The number of methoxy groups -OCH3 is 1. The van der Waals surface area contributed by atoms with Gasteiger partial charge in [-0.1, -0.05) is 52.3 Å². The molecule has 0 aliphatic heterocycles. The molecule has 0 saturated carbocycles. The molecule has 7 heteroatoms. The van der Waals surface area contributed by atoms with Gasteiger partial charge in [-0.3, -0.25) is 4.79 Å². The summed E-state index contributed by atoms with van der Waals surface area (Å²) in [6, 6.07) is 20.8. The van der Waals surface area contributed by atoms with E-state index in [-0.39, 0.29) is 5.57 Å². The molecule has 3 rings (SSSR count). The number of benzene rings is 3. The zero-order chi connectivity index (χ0) is 23.1. The lowest BCUT2D eigenvalue weighted by Crippen LogP contribution is -2.14. The number of amides is 1. The van der Waals surface area contributed by atoms with Crippen molar-refractivity contribution in [2.45, 2.75) is 13.5 Å². The molecule has 0 spiro atoms. The average Bonchev–Trinajstić information content (AvgIpc) is 2.78. The summed E-state index contributed by atoms with van der Waals surface area (Å²) in [4.78, 5) is 12.6. The van der Waals surface area contributed by atoms with E-state index in [4.69, 9.17) is 9.47 Å². The Morgan fingerprint density at radius 2 is 1.91 bits per heavy atom. The van der Waals surface area contributed by atoms with E-state index in [0.717, 1.165) is 19.2 Å². The highest BCUT2D eigenvalue weighted by molar-refractivity contribution is 14.1. The zero-order valence-corrected chi connectivity index (χ0v) is 21.2. The third-order valence-electron chi connectivity index (χ3n) is 4.65. The second-order valence-electron chi connectivity index (χ2n) is 6.85. The Kier molecular flexibility index (Phi) is 8.31. The van der Waals surface area contributed by atoms with Gasteiger partial charge in [0.15, 0.2) is 11.5 Å². The fourth-order valence-corrected chi connectivity index (χ4v) is 4.13. The second kappa shape index (κ2) is 11.2. The van der Waals surface area contributed by atoms with E-state index in [1.165, 1.54) is 6.08 Å². The van der Waals surface area contributed by atoms with Crippen molar-refractivity contribution >= 4 is 56.2 Å². The number of anilines is 1. The van der Waals surface area contributed by atoms with E-state index in [2.05, 4.69) is 43.8 Å². The van der Waals surface area contributed by atoms with E-state index in [0.29, 0.717) is 29.4 Å². The van der Waals surface area contributed by atoms with Crippen molar-refractivity contribution in [3.63, 3.8) is 0 Å². The molecule has 3 aromatic rings. The molecule has 0 aromatic heterocycles. The summed E-state index contributed by atoms with van der Waals surface area (Å²) in [5, 5.41) is 12.3. The van der Waals surface area contributed by atoms with Gasteiger partial charge >= 0.3 is 0 Å². The molecule has 5 nitrogen and oxygen atoms in total. The predicted molar refractivity (Wildman–Crippen MR) is 138 cm³/mol. The molecule has 0 radical (unpaired) electrons. The maximum absolute atomic E-state index is 12.6. The fourth-order valence-electron chi connectivity index (χ4n) is 2.95. The summed E-state index contributed by atoms with van der Waals surface area (Å²) < 4.78 is 13.3. The highest BCUT2D eigenvalue weighted by atomic mass is 127. The molecule has 0 atom stereocenters. The number of nitrogens with zero attached hydrogens (tertiary/aromatic N) is 1. The number of hydrogen-bond acceptors (Lipinski definition) is 4. The summed E-state index contributed by atoms with van der Waals surface area (Å²) in [6.45, 7) is 2.26. The van der Waals surface area contributed by atoms with Crippen LogP contribution in [0.4, 0.5) is 5.69 Å². The number of para-hydroxylation sites is 1. The third kappa shape index (κ3) is 5.90. The molecule has 3 aromatic carbocycles. The number of nitriles is 1. The summed E-state index contributed by atoms with van der Waals surface area (Å²) in [5.74, 6) is 0.653. The number of aryl methyl sites for hydroxylation is 1. The number of nitrogens with one attached hydrogen (secondary N) is 1. The molecule has 0 heterocycles. The minimum atomic E-state index is -0.468. The Bertz CT molecular complexity index is 1220. The van der Waals surface area contributed by atoms with Crippen LogP contribution in [0.5, 0.6) is 11.5 Å². The van der Waals surface area contributed by atoms with E-state index in [1.807, 2.05) is 61.5 Å². The first-order chi connectivity index (χ1) is 15.4. The van der Waals surface area contributed by atoms with Crippen LogP contribution in [-0.4, -0.2) is 13.0 Å². The third-order valence-corrected chi connectivity index (χ3v) is 6.23. The van der Waals surface area contributed by atoms with Crippen molar-refractivity contribution in [2.24, 2.45) is 0 Å². The molecular weight excluding hydrogens is 583 g/mol. The standard InChI is InChI=1S/C25H20BrIN2O3/c1-16-7-3-6-10-22(16)29-25(30)19(14-28)11-17-12-21(27)24(23(13-17)31-2)32-15-18-8-4-5-9-20(18)26/h3-13H,15H2,1-2H3,(H,29,30)/b19-11+. The van der Waals surface area contributed by atoms with Crippen LogP contribution < -0.4 is 14.8 Å². The summed E-state index contributed by atoms with van der Waals surface area (Å²) in [6.07, 6.45) is 1.54. The molecule has 0 bridgehead atoms. The van der Waals surface area contributed by atoms with Gasteiger partial charge in [0, 0.05) is 15.7 Å². The number of ether oxygens (including phenoxy) is 2. The first-order valence-corrected chi connectivity index (χ1v) is 11.5. The van der Waals surface area contributed by atoms with Gasteiger partial charge in [0.05, 0.1) is 10.7 Å². The first kappa shape index (κ1) is 23.8. The topological polar surface area (TPSA) is 71.3 Å². The molecule has 0 saturated heterocycles. The highest BCUT2D eigenvalue weighted by Gasteiger charge is 2.15. The first-order valence-electron chi connectivity index (χ1n) is 9.65. The Balaban J connectivity index is 1.84. The lowest BCUT2D eigenvalue weighted by atomic mass is 10.1. The molecular formula is C25H20BrIN2O3. The van der Waals surface area contributed by atoms with Crippen LogP contribution in [0.3, 0.4) is 0 Å². The van der Waals surface area contributed by atoms with Crippen LogP contribution >= 0.6 is 38.5 Å². The van der Waals surface area contributed by atoms with Crippen LogP contribution in [-0.2, 0) is 11.4 Å². The van der Waals surface area contributed by atoms with Gasteiger partial charge in [-0.2, -0.15) is 5.26 Å². The van der Waals surface area contributed by atoms with Crippen molar-refractivity contribution in [1.82, 2.24) is 0 Å². The number of carbonyl (C=O) groups excluding carboxylic acids is 1. The van der Waals surface area contributed by atoms with E-state index in [9.17, 15) is 10.1 Å². The summed E-state index contributed by atoms with van der Waals surface area (Å²) >= 11 is 5.68. The number of hydrogen-bond donors (Lipinski definition) is 1. The Hall–Kier alpha value is -2.83. The van der Waals surface area contributed by atoms with Crippen LogP contribution in [0.1, 0.15) is 16.7 Å². The summed E-state index contributed by atoms with van der Waals surface area (Å²) in [5.41, 5.74) is 3.25. The predicted octanol–water partition coefficient (Wildman–Crippen LogP) is 6.50. The van der Waals surface area contributed by atoms with Gasteiger partial charge in [-0.25, -0.2) is 0 Å². The molecule has 162 valence electrons. The second-order valence-corrected chi connectivity index (χ2v) is 8.87. The lowest BCUT2D eigenvalue weighted by molar-refractivity contribution is -0.112. The van der Waals surface area contributed by atoms with Crippen molar-refractivity contribution in [2.75, 3.05) is 12.4 Å².